The van der Waals surface area contributed by atoms with E-state index in [1.165, 1.54) is 36.0 Å². The largest absolute Gasteiger partial charge is 0.297 e. The molecule has 2 heterocycles. The number of hydrogen-bond acceptors (Lipinski definition) is 1. The Labute approximate surface area is 102 Å². The Hall–Kier alpha value is -1.34. The summed E-state index contributed by atoms with van der Waals surface area (Å²) in [5, 5.41) is 3.82. The van der Waals surface area contributed by atoms with Gasteiger partial charge in [0.25, 0.3) is 0 Å². The lowest BCUT2D eigenvalue weighted by Gasteiger charge is -2.38. The molecule has 0 amide bonds. The van der Waals surface area contributed by atoms with Crippen LogP contribution in [0, 0.1) is 0 Å². The second-order valence-electron chi connectivity index (χ2n) is 5.54. The molecule has 1 nitrogen and oxygen atoms in total. The Kier molecular flexibility index (Phi) is 1.77. The molecule has 3 aliphatic rings. The second-order valence-corrected chi connectivity index (χ2v) is 5.54. The maximum atomic E-state index is 3.82. The molecular formula is C16H17N. The first-order chi connectivity index (χ1) is 8.29. The number of rotatable bonds is 0. The van der Waals surface area contributed by atoms with Crippen LogP contribution in [0.5, 0.6) is 0 Å². The molecule has 1 fully saturated rings. The lowest BCUT2D eigenvalue weighted by Crippen LogP contribution is -2.42. The molecule has 2 unspecified atom stereocenters. The van der Waals surface area contributed by atoms with E-state index in [2.05, 4.69) is 48.7 Å². The number of hydrogen-bond donors (Lipinski definition) is 1. The van der Waals surface area contributed by atoms with Crippen LogP contribution in [0.15, 0.2) is 47.6 Å². The van der Waals surface area contributed by atoms with E-state index in [1.54, 1.807) is 5.57 Å². The van der Waals surface area contributed by atoms with Gasteiger partial charge >= 0.3 is 0 Å². The summed E-state index contributed by atoms with van der Waals surface area (Å²) < 4.78 is 0. The highest BCUT2D eigenvalue weighted by atomic mass is 15.1. The van der Waals surface area contributed by atoms with Crippen LogP contribution >= 0.6 is 0 Å². The van der Waals surface area contributed by atoms with Crippen LogP contribution < -0.4 is 5.32 Å². The Morgan fingerprint density at radius 3 is 2.94 bits per heavy atom. The first kappa shape index (κ1) is 9.67. The van der Waals surface area contributed by atoms with Crippen LogP contribution in [0.3, 0.4) is 0 Å². The van der Waals surface area contributed by atoms with Crippen LogP contribution in [0.25, 0.3) is 0 Å². The third-order valence-corrected chi connectivity index (χ3v) is 4.55. The number of nitrogens with one attached hydrogen (secondary N) is 1. The molecule has 17 heavy (non-hydrogen) atoms. The van der Waals surface area contributed by atoms with Crippen LogP contribution in [0.4, 0.5) is 0 Å². The smallest absolute Gasteiger partial charge is 0.0669 e. The predicted molar refractivity (Wildman–Crippen MR) is 69.7 cm³/mol. The maximum absolute atomic E-state index is 3.82. The lowest BCUT2D eigenvalue weighted by molar-refractivity contribution is 0.378. The van der Waals surface area contributed by atoms with Gasteiger partial charge in [0.15, 0.2) is 0 Å². The summed E-state index contributed by atoms with van der Waals surface area (Å²) in [6.07, 6.45) is 8.48. The minimum atomic E-state index is 0.0613. The summed E-state index contributed by atoms with van der Waals surface area (Å²) in [5.41, 5.74) is 6.17. The van der Waals surface area contributed by atoms with Crippen LogP contribution in [0.2, 0.25) is 0 Å². The van der Waals surface area contributed by atoms with E-state index in [-0.39, 0.29) is 5.54 Å². The SMILES string of the molecule is CC12NC(CC3=CCCC=C31)c1ccccc12. The molecule has 0 aromatic heterocycles. The van der Waals surface area contributed by atoms with E-state index in [9.17, 15) is 0 Å². The van der Waals surface area contributed by atoms with E-state index >= 15 is 0 Å². The molecule has 4 rings (SSSR count). The zero-order valence-electron chi connectivity index (χ0n) is 10.2. The summed E-state index contributed by atoms with van der Waals surface area (Å²) in [7, 11) is 0. The lowest BCUT2D eigenvalue weighted by atomic mass is 9.77. The van der Waals surface area contributed by atoms with E-state index < -0.39 is 0 Å². The molecule has 1 aromatic carbocycles. The van der Waals surface area contributed by atoms with Gasteiger partial charge in [0.1, 0.15) is 0 Å². The highest BCUT2D eigenvalue weighted by Crippen LogP contribution is 2.52. The van der Waals surface area contributed by atoms with Crippen molar-refractivity contribution in [2.45, 2.75) is 37.8 Å². The number of fused-ring (bicyclic) bond motifs is 7. The molecule has 1 aromatic rings. The van der Waals surface area contributed by atoms with Gasteiger partial charge in [-0.2, -0.15) is 0 Å². The van der Waals surface area contributed by atoms with Crippen molar-refractivity contribution in [1.82, 2.24) is 5.32 Å². The van der Waals surface area contributed by atoms with Crippen molar-refractivity contribution in [1.29, 1.82) is 0 Å². The Balaban J connectivity index is 1.98. The normalized spacial score (nSPS) is 33.6. The predicted octanol–water partition coefficient (Wildman–Crippen LogP) is 3.60. The number of piperidine rings is 1. The fourth-order valence-electron chi connectivity index (χ4n) is 3.81. The quantitative estimate of drug-likeness (QED) is 0.708. The standard InChI is InChI=1S/C16H17N/c1-16-13-8-4-2-6-11(13)10-15(17-16)12-7-3-5-9-14(12)16/h3,5-9,15,17H,2,4,10H2,1H3. The Morgan fingerprint density at radius 2 is 2.00 bits per heavy atom. The third-order valence-electron chi connectivity index (χ3n) is 4.55. The third kappa shape index (κ3) is 1.13. The summed E-state index contributed by atoms with van der Waals surface area (Å²) in [6, 6.07) is 9.44. The van der Waals surface area contributed by atoms with Crippen molar-refractivity contribution in [3.8, 4) is 0 Å². The van der Waals surface area contributed by atoms with Gasteiger partial charge in [-0.1, -0.05) is 36.4 Å². The van der Waals surface area contributed by atoms with E-state index in [0.717, 1.165) is 0 Å². The molecule has 0 radical (unpaired) electrons. The summed E-state index contributed by atoms with van der Waals surface area (Å²) in [6.45, 7) is 2.34. The fourth-order valence-corrected chi connectivity index (χ4v) is 3.81. The van der Waals surface area contributed by atoms with Gasteiger partial charge in [0.05, 0.1) is 5.54 Å². The highest BCUT2D eigenvalue weighted by molar-refractivity contribution is 5.57. The van der Waals surface area contributed by atoms with E-state index in [0.29, 0.717) is 6.04 Å². The number of allylic oxidation sites excluding steroid dienone is 2. The Morgan fingerprint density at radius 1 is 1.18 bits per heavy atom. The molecule has 1 saturated heterocycles. The molecule has 0 saturated carbocycles. The maximum Gasteiger partial charge on any atom is 0.0669 e. The molecular weight excluding hydrogens is 206 g/mol. The minimum Gasteiger partial charge on any atom is -0.297 e. The molecule has 86 valence electrons. The fraction of sp³-hybridized carbons (Fsp3) is 0.375. The minimum absolute atomic E-state index is 0.0613. The van der Waals surface area contributed by atoms with Gasteiger partial charge in [0, 0.05) is 6.04 Å². The van der Waals surface area contributed by atoms with Crippen molar-refractivity contribution in [2.24, 2.45) is 0 Å². The first-order valence-corrected chi connectivity index (χ1v) is 6.56. The molecule has 2 atom stereocenters. The average molecular weight is 223 g/mol. The average Bonchev–Trinajstić information content (AvgIpc) is 2.61. The van der Waals surface area contributed by atoms with Gasteiger partial charge < -0.3 is 0 Å². The molecule has 2 aliphatic heterocycles. The zero-order valence-corrected chi connectivity index (χ0v) is 10.2. The molecule has 1 aliphatic carbocycles. The highest BCUT2D eigenvalue weighted by Gasteiger charge is 2.47. The summed E-state index contributed by atoms with van der Waals surface area (Å²) >= 11 is 0. The van der Waals surface area contributed by atoms with Gasteiger partial charge in [-0.25, -0.2) is 0 Å². The summed E-state index contributed by atoms with van der Waals surface area (Å²) in [4.78, 5) is 0. The van der Waals surface area contributed by atoms with Crippen molar-refractivity contribution in [3.63, 3.8) is 0 Å². The van der Waals surface area contributed by atoms with Crippen molar-refractivity contribution in [3.05, 3.63) is 58.7 Å². The van der Waals surface area contributed by atoms with Crippen LogP contribution in [-0.4, -0.2) is 0 Å². The number of benzene rings is 1. The second kappa shape index (κ2) is 3.11. The molecule has 1 heteroatoms. The Bertz CT molecular complexity index is 552. The van der Waals surface area contributed by atoms with Crippen LogP contribution in [0.1, 0.15) is 43.4 Å². The van der Waals surface area contributed by atoms with Gasteiger partial charge in [-0.05, 0) is 48.5 Å². The summed E-state index contributed by atoms with van der Waals surface area (Å²) in [5.74, 6) is 0. The monoisotopic (exact) mass is 223 g/mol. The first-order valence-electron chi connectivity index (χ1n) is 6.56. The van der Waals surface area contributed by atoms with Crippen LogP contribution in [-0.2, 0) is 5.54 Å². The van der Waals surface area contributed by atoms with Crippen molar-refractivity contribution >= 4 is 0 Å². The topological polar surface area (TPSA) is 12.0 Å². The van der Waals surface area contributed by atoms with Gasteiger partial charge in [0.2, 0.25) is 0 Å². The molecule has 0 spiro atoms. The van der Waals surface area contributed by atoms with Gasteiger partial charge in [-0.15, -0.1) is 0 Å². The van der Waals surface area contributed by atoms with Crippen molar-refractivity contribution in [2.75, 3.05) is 0 Å². The van der Waals surface area contributed by atoms with E-state index in [1.807, 2.05) is 0 Å². The zero-order chi connectivity index (χ0) is 11.5. The van der Waals surface area contributed by atoms with Gasteiger partial charge in [-0.3, -0.25) is 5.32 Å². The molecule has 2 bridgehead atoms. The molecule has 1 N–H and O–H groups in total. The van der Waals surface area contributed by atoms with E-state index in [4.69, 9.17) is 0 Å². The van der Waals surface area contributed by atoms with Crippen molar-refractivity contribution < 1.29 is 0 Å².